The first-order valence-corrected chi connectivity index (χ1v) is 26.2. The summed E-state index contributed by atoms with van der Waals surface area (Å²) in [7, 11) is 3.11. The average Bonchev–Trinajstić information content (AvgIpc) is 3.96. The van der Waals surface area contributed by atoms with Gasteiger partial charge >= 0.3 is 5.97 Å². The Morgan fingerprint density at radius 1 is 0.903 bits per heavy atom. The van der Waals surface area contributed by atoms with E-state index >= 15 is 4.39 Å². The molecule has 4 aromatic rings. The van der Waals surface area contributed by atoms with Crippen molar-refractivity contribution in [2.75, 3.05) is 48.8 Å². The number of aromatic nitrogens is 1. The van der Waals surface area contributed by atoms with Gasteiger partial charge in [0, 0.05) is 116 Å². The quantitative estimate of drug-likeness (QED) is 0.0238. The summed E-state index contributed by atoms with van der Waals surface area (Å²) in [6.45, 7) is 10.3. The van der Waals surface area contributed by atoms with E-state index in [1.807, 2.05) is 49.9 Å². The Morgan fingerprint density at radius 2 is 1.61 bits per heavy atom. The van der Waals surface area contributed by atoms with Crippen molar-refractivity contribution in [3.8, 4) is 5.75 Å². The molecule has 3 N–H and O–H groups in total. The normalized spacial score (nSPS) is 17.9. The van der Waals surface area contributed by atoms with Gasteiger partial charge in [-0.05, 0) is 111 Å². The van der Waals surface area contributed by atoms with E-state index in [0.717, 1.165) is 16.8 Å². The lowest BCUT2D eigenvalue weighted by atomic mass is 10.1. The predicted octanol–water partition coefficient (Wildman–Crippen LogP) is 7.03. The number of carbonyl (C=O) groups excluding carboxylic acids is 7. The van der Waals surface area contributed by atoms with Gasteiger partial charge in [-0.2, -0.15) is 5.10 Å². The number of hydrogen-bond donors (Lipinski definition) is 3. The number of benzene rings is 3. The van der Waals surface area contributed by atoms with Crippen molar-refractivity contribution in [2.45, 2.75) is 83.4 Å². The van der Waals surface area contributed by atoms with Crippen LogP contribution in [-0.4, -0.2) is 105 Å². The molecule has 2 saturated heterocycles. The second-order valence-corrected chi connectivity index (χ2v) is 21.6. The van der Waals surface area contributed by atoms with E-state index in [0.29, 0.717) is 78.1 Å². The highest BCUT2D eigenvalue weighted by molar-refractivity contribution is 8.77. The molecular formula is C52H59FN8O9S2. The van der Waals surface area contributed by atoms with Gasteiger partial charge in [-0.1, -0.05) is 40.6 Å². The number of ether oxygens (including phenoxy) is 1. The number of hydrazone groups is 1. The van der Waals surface area contributed by atoms with Gasteiger partial charge in [-0.25, -0.2) is 14.6 Å². The third-order valence-corrected chi connectivity index (χ3v) is 15.8. The fourth-order valence-electron chi connectivity index (χ4n) is 8.42. The molecule has 2 aliphatic heterocycles. The molecule has 1 saturated carbocycles. The van der Waals surface area contributed by atoms with Gasteiger partial charge in [-0.15, -0.1) is 5.06 Å². The highest BCUT2D eigenvalue weighted by atomic mass is 33.1. The summed E-state index contributed by atoms with van der Waals surface area (Å²) in [6.07, 6.45) is 4.43. The van der Waals surface area contributed by atoms with E-state index in [1.54, 1.807) is 89.4 Å². The van der Waals surface area contributed by atoms with Gasteiger partial charge in [0.25, 0.3) is 17.7 Å². The fraction of sp³-hybridized carbons (Fsp3) is 0.404. The molecule has 7 rings (SSSR count). The Bertz CT molecular complexity index is 2630. The lowest BCUT2D eigenvalue weighted by Gasteiger charge is -2.36. The van der Waals surface area contributed by atoms with Crippen molar-refractivity contribution < 1.29 is 47.5 Å². The first-order chi connectivity index (χ1) is 34.5. The lowest BCUT2D eigenvalue weighted by molar-refractivity contribution is -0.197. The maximum Gasteiger partial charge on any atom is 0.333 e. The molecule has 0 spiro atoms. The molecule has 17 nitrogen and oxygen atoms in total. The van der Waals surface area contributed by atoms with Gasteiger partial charge in [0.05, 0.1) is 18.7 Å². The number of hydroxylamine groups is 2. The molecule has 3 aliphatic rings. The minimum Gasteiger partial charge on any atom is -0.494 e. The van der Waals surface area contributed by atoms with Crippen LogP contribution in [0.1, 0.15) is 99.2 Å². The van der Waals surface area contributed by atoms with Crippen molar-refractivity contribution in [1.82, 2.24) is 25.7 Å². The summed E-state index contributed by atoms with van der Waals surface area (Å²) in [5.74, 6) is -1.74. The van der Waals surface area contributed by atoms with Crippen LogP contribution in [0.3, 0.4) is 0 Å². The highest BCUT2D eigenvalue weighted by Gasteiger charge is 2.52. The molecule has 3 atom stereocenters. The number of anilines is 2. The van der Waals surface area contributed by atoms with Crippen molar-refractivity contribution >= 4 is 80.1 Å². The maximum absolute atomic E-state index is 15.1. The summed E-state index contributed by atoms with van der Waals surface area (Å²) >= 11 is 0. The summed E-state index contributed by atoms with van der Waals surface area (Å²) in [5.41, 5.74) is 7.04. The molecule has 0 radical (unpaired) electrons. The predicted molar refractivity (Wildman–Crippen MR) is 273 cm³/mol. The third-order valence-electron chi connectivity index (χ3n) is 12.5. The summed E-state index contributed by atoms with van der Waals surface area (Å²) < 4.78 is 20.3. The monoisotopic (exact) mass is 1020 g/mol. The Morgan fingerprint density at radius 3 is 2.29 bits per heavy atom. The smallest absolute Gasteiger partial charge is 0.333 e. The molecule has 6 amide bonds. The summed E-state index contributed by atoms with van der Waals surface area (Å²) in [5, 5.41) is 10.4. The zero-order chi connectivity index (χ0) is 51.4. The van der Waals surface area contributed by atoms with E-state index in [1.165, 1.54) is 6.07 Å². The standard InChI is InChI=1S/C52H59FN8O9S2/c1-33-48(38-7-5-22-54-31-38)49(33)51(68)56-39-14-9-37(42(53)29-39)32-55-50(67)36-10-15-40(16-11-36)59-23-25-60(26-24-59)44(63)21-28-71-72-52(3,4)30-43(62)58-57-34(2)35-12-17-41(18-13-35)69-27-6-8-47(66)70-61-45(64)19-20-46(61)65/h5,7,9-18,22,29,31,33,48-49H,6,8,19-21,23-28,30,32H2,1-4H3,(H,55,67)(H,56,68)(H,58,62)/b57-34+. The summed E-state index contributed by atoms with van der Waals surface area (Å²) in [6, 6.07) is 22.6. The molecule has 1 aromatic heterocycles. The molecule has 380 valence electrons. The molecule has 3 fully saturated rings. The number of piperazine rings is 1. The van der Waals surface area contributed by atoms with E-state index in [9.17, 15) is 33.6 Å². The van der Waals surface area contributed by atoms with Crippen molar-refractivity contribution in [3.05, 3.63) is 119 Å². The van der Waals surface area contributed by atoms with E-state index in [4.69, 9.17) is 9.57 Å². The Kier molecular flexibility index (Phi) is 18.1. The topological polar surface area (TPSA) is 209 Å². The Hall–Kier alpha value is -6.80. The minimum atomic E-state index is -0.681. The molecule has 20 heteroatoms. The van der Waals surface area contributed by atoms with Crippen LogP contribution < -0.4 is 25.7 Å². The van der Waals surface area contributed by atoms with Gasteiger partial charge < -0.3 is 30.0 Å². The van der Waals surface area contributed by atoms with Crippen LogP contribution in [0.15, 0.2) is 96.4 Å². The lowest BCUT2D eigenvalue weighted by Crippen LogP contribution is -2.48. The number of nitrogens with one attached hydrogen (secondary N) is 3. The number of hydrogen-bond acceptors (Lipinski definition) is 14. The molecule has 3 heterocycles. The first-order valence-electron chi connectivity index (χ1n) is 23.9. The van der Waals surface area contributed by atoms with Crippen LogP contribution in [0.2, 0.25) is 0 Å². The van der Waals surface area contributed by atoms with Crippen LogP contribution in [0.25, 0.3) is 0 Å². The largest absolute Gasteiger partial charge is 0.494 e. The Labute approximate surface area is 425 Å². The van der Waals surface area contributed by atoms with Crippen molar-refractivity contribution in [3.63, 3.8) is 0 Å². The third kappa shape index (κ3) is 14.6. The number of rotatable bonds is 22. The number of imide groups is 1. The van der Waals surface area contributed by atoms with Gasteiger partial charge in [-0.3, -0.25) is 33.8 Å². The number of carbonyl (C=O) groups is 7. The van der Waals surface area contributed by atoms with Gasteiger partial charge in [0.15, 0.2) is 0 Å². The van der Waals surface area contributed by atoms with Crippen LogP contribution in [0.5, 0.6) is 5.75 Å². The molecular weight excluding hydrogens is 964 g/mol. The molecule has 3 unspecified atom stereocenters. The Balaban J connectivity index is 0.740. The maximum atomic E-state index is 15.1. The van der Waals surface area contributed by atoms with Gasteiger partial charge in [0.1, 0.15) is 11.6 Å². The van der Waals surface area contributed by atoms with Gasteiger partial charge in [0.2, 0.25) is 17.7 Å². The van der Waals surface area contributed by atoms with E-state index in [2.05, 4.69) is 31.0 Å². The molecule has 0 bridgehead atoms. The van der Waals surface area contributed by atoms with Crippen LogP contribution >= 0.6 is 21.6 Å². The number of nitrogens with zero attached hydrogens (tertiary/aromatic N) is 5. The SMILES string of the molecule is C/C(=N\NC(=O)CC(C)(C)SSCCC(=O)N1CCN(c2ccc(C(=O)NCc3ccc(NC(=O)C4C(C)C4c4cccnc4)cc3F)cc2)CC1)c1ccc(OCCCC(=O)ON2C(=O)CCC2=O)cc1. The van der Waals surface area contributed by atoms with E-state index < -0.39 is 28.3 Å². The fourth-order valence-corrected chi connectivity index (χ4v) is 10.9. The number of amides is 6. The summed E-state index contributed by atoms with van der Waals surface area (Å²) in [4.78, 5) is 100. The zero-order valence-corrected chi connectivity index (χ0v) is 42.3. The zero-order valence-electron chi connectivity index (χ0n) is 40.7. The van der Waals surface area contributed by atoms with Crippen molar-refractivity contribution in [1.29, 1.82) is 0 Å². The van der Waals surface area contributed by atoms with E-state index in [-0.39, 0.29) is 80.2 Å². The molecule has 72 heavy (non-hydrogen) atoms. The average molecular weight is 1020 g/mol. The van der Waals surface area contributed by atoms with Crippen molar-refractivity contribution in [2.24, 2.45) is 16.9 Å². The van der Waals surface area contributed by atoms with Crippen LogP contribution in [0.4, 0.5) is 15.8 Å². The first kappa shape index (κ1) is 53.0. The molecule has 3 aromatic carbocycles. The van der Waals surface area contributed by atoms with Crippen LogP contribution in [-0.2, 0) is 40.1 Å². The highest BCUT2D eigenvalue weighted by Crippen LogP contribution is 2.54. The number of pyridine rings is 1. The molecule has 1 aliphatic carbocycles. The second kappa shape index (κ2) is 24.6. The minimum absolute atomic E-state index is 0.0205. The second-order valence-electron chi connectivity index (χ2n) is 18.4. The number of halogens is 1. The van der Waals surface area contributed by atoms with Crippen LogP contribution in [0, 0.1) is 17.7 Å².